The number of halogens is 4. The average Bonchev–Trinajstić information content (AvgIpc) is 2.70. The molecule has 0 unspecified atom stereocenters. The predicted molar refractivity (Wildman–Crippen MR) is 104 cm³/mol. The highest BCUT2D eigenvalue weighted by Crippen LogP contribution is 2.31. The second kappa shape index (κ2) is 8.80. The van der Waals surface area contributed by atoms with Gasteiger partial charge in [0.1, 0.15) is 29.0 Å². The van der Waals surface area contributed by atoms with Crippen LogP contribution >= 0.6 is 0 Å². The van der Waals surface area contributed by atoms with Gasteiger partial charge in [-0.25, -0.2) is 26.6 Å². The summed E-state index contributed by atoms with van der Waals surface area (Å²) in [5, 5.41) is 0. The van der Waals surface area contributed by atoms with Crippen LogP contribution in [0.1, 0.15) is 11.1 Å². The summed E-state index contributed by atoms with van der Waals surface area (Å²) in [7, 11) is -2.14. The zero-order valence-corrected chi connectivity index (χ0v) is 17.1. The van der Waals surface area contributed by atoms with Crippen molar-refractivity contribution < 1.29 is 35.5 Å². The van der Waals surface area contributed by atoms with Crippen LogP contribution in [0.2, 0.25) is 0 Å². The molecule has 31 heavy (non-hydrogen) atoms. The Morgan fingerprint density at radius 2 is 1.71 bits per heavy atom. The molecule has 0 aliphatic rings. The lowest BCUT2D eigenvalue weighted by Gasteiger charge is -2.14. The van der Waals surface area contributed by atoms with Crippen LogP contribution < -0.4 is 14.2 Å². The topological polar surface area (TPSA) is 77.5 Å². The van der Waals surface area contributed by atoms with Crippen molar-refractivity contribution in [2.24, 2.45) is 0 Å². The molecule has 1 N–H and O–H groups in total. The zero-order valence-electron chi connectivity index (χ0n) is 16.2. The molecule has 1 aromatic heterocycles. The van der Waals surface area contributed by atoms with Crippen molar-refractivity contribution >= 4 is 15.8 Å². The van der Waals surface area contributed by atoms with Crippen LogP contribution in [0.3, 0.4) is 0 Å². The SMILES string of the molecule is COc1ccc(Cc2c(F)cc(F)c(S(=O)(=O)Nc3cccc(F)n3)c2F)c(OC)c1. The fraction of sp³-hybridized carbons (Fsp3) is 0.150. The molecule has 2 aromatic carbocycles. The summed E-state index contributed by atoms with van der Waals surface area (Å²) < 4.78 is 94.2. The molecular weight excluding hydrogens is 440 g/mol. The van der Waals surface area contributed by atoms with Gasteiger partial charge in [0.25, 0.3) is 10.0 Å². The highest BCUT2D eigenvalue weighted by Gasteiger charge is 2.29. The number of aromatic nitrogens is 1. The molecule has 0 atom stereocenters. The zero-order chi connectivity index (χ0) is 22.8. The van der Waals surface area contributed by atoms with Crippen molar-refractivity contribution in [1.29, 1.82) is 0 Å². The van der Waals surface area contributed by atoms with E-state index >= 15 is 4.39 Å². The number of pyridine rings is 1. The molecule has 164 valence electrons. The number of hydrogen-bond donors (Lipinski definition) is 1. The summed E-state index contributed by atoms with van der Waals surface area (Å²) in [6, 6.07) is 7.93. The normalized spacial score (nSPS) is 11.3. The molecule has 11 heteroatoms. The fourth-order valence-corrected chi connectivity index (χ4v) is 4.03. The van der Waals surface area contributed by atoms with Gasteiger partial charge >= 0.3 is 0 Å². The Balaban J connectivity index is 2.06. The Kier molecular flexibility index (Phi) is 6.34. The summed E-state index contributed by atoms with van der Waals surface area (Å²) in [6.45, 7) is 0. The Morgan fingerprint density at radius 3 is 2.35 bits per heavy atom. The lowest BCUT2D eigenvalue weighted by Crippen LogP contribution is -2.19. The van der Waals surface area contributed by atoms with Crippen LogP contribution in [0.25, 0.3) is 0 Å². The molecule has 0 saturated heterocycles. The van der Waals surface area contributed by atoms with Crippen LogP contribution in [0.4, 0.5) is 23.4 Å². The van der Waals surface area contributed by atoms with E-state index in [0.717, 1.165) is 18.2 Å². The average molecular weight is 456 g/mol. The van der Waals surface area contributed by atoms with Gasteiger partial charge in [0, 0.05) is 24.1 Å². The first kappa shape index (κ1) is 22.3. The third kappa shape index (κ3) is 4.71. The van der Waals surface area contributed by atoms with E-state index in [1.165, 1.54) is 32.4 Å². The van der Waals surface area contributed by atoms with Crippen molar-refractivity contribution in [3.05, 3.63) is 77.0 Å². The van der Waals surface area contributed by atoms with Crippen LogP contribution in [-0.2, 0) is 16.4 Å². The van der Waals surface area contributed by atoms with Crippen molar-refractivity contribution in [2.45, 2.75) is 11.3 Å². The van der Waals surface area contributed by atoms with Crippen molar-refractivity contribution in [3.8, 4) is 11.5 Å². The Labute approximate surface area is 175 Å². The first-order chi connectivity index (χ1) is 14.7. The standard InChI is InChI=1S/C20H16F4N2O4S/c1-29-12-7-6-11(16(9-12)30-2)8-13-14(21)10-15(22)20(19(13)24)31(27,28)26-18-5-3-4-17(23)25-18/h3-7,9-10H,8H2,1-2H3,(H,25,26). The minimum atomic E-state index is -4.90. The molecule has 0 aliphatic carbocycles. The number of nitrogens with one attached hydrogen (secondary N) is 1. The highest BCUT2D eigenvalue weighted by atomic mass is 32.2. The van der Waals surface area contributed by atoms with Crippen molar-refractivity contribution in [1.82, 2.24) is 4.98 Å². The fourth-order valence-electron chi connectivity index (χ4n) is 2.86. The summed E-state index contributed by atoms with van der Waals surface area (Å²) in [5.74, 6) is -5.40. The predicted octanol–water partition coefficient (Wildman–Crippen LogP) is 4.05. The van der Waals surface area contributed by atoms with Gasteiger partial charge < -0.3 is 9.47 Å². The first-order valence-electron chi connectivity index (χ1n) is 8.69. The van der Waals surface area contributed by atoms with E-state index in [1.54, 1.807) is 4.72 Å². The van der Waals surface area contributed by atoms with E-state index in [-0.39, 0.29) is 11.8 Å². The quantitative estimate of drug-likeness (QED) is 0.429. The molecule has 0 spiro atoms. The molecule has 3 aromatic rings. The maximum atomic E-state index is 15.1. The smallest absolute Gasteiger partial charge is 0.268 e. The third-order valence-corrected chi connectivity index (χ3v) is 5.70. The second-order valence-electron chi connectivity index (χ2n) is 6.27. The van der Waals surface area contributed by atoms with Gasteiger partial charge in [-0.1, -0.05) is 12.1 Å². The maximum Gasteiger partial charge on any atom is 0.268 e. The molecule has 0 saturated carbocycles. The summed E-state index contributed by atoms with van der Waals surface area (Å²) >= 11 is 0. The number of benzene rings is 2. The highest BCUT2D eigenvalue weighted by molar-refractivity contribution is 7.92. The van der Waals surface area contributed by atoms with E-state index in [9.17, 15) is 21.6 Å². The molecular formula is C20H16F4N2O4S. The van der Waals surface area contributed by atoms with Gasteiger partial charge in [0.15, 0.2) is 10.7 Å². The van der Waals surface area contributed by atoms with Crippen molar-refractivity contribution in [2.75, 3.05) is 18.9 Å². The molecule has 0 amide bonds. The Morgan fingerprint density at radius 1 is 0.968 bits per heavy atom. The minimum absolute atomic E-state index is 0.231. The number of anilines is 1. The molecule has 0 fully saturated rings. The van der Waals surface area contributed by atoms with E-state index < -0.39 is 56.1 Å². The number of nitrogens with zero attached hydrogens (tertiary/aromatic N) is 1. The molecule has 3 rings (SSSR count). The lowest BCUT2D eigenvalue weighted by molar-refractivity contribution is 0.391. The molecule has 1 heterocycles. The van der Waals surface area contributed by atoms with Gasteiger partial charge in [-0.2, -0.15) is 4.39 Å². The van der Waals surface area contributed by atoms with Gasteiger partial charge in [-0.05, 0) is 23.8 Å². The molecule has 0 aliphatic heterocycles. The minimum Gasteiger partial charge on any atom is -0.497 e. The van der Waals surface area contributed by atoms with Crippen LogP contribution in [0.5, 0.6) is 11.5 Å². The summed E-state index contributed by atoms with van der Waals surface area (Å²) in [5.41, 5.74) is -0.395. The largest absolute Gasteiger partial charge is 0.497 e. The summed E-state index contributed by atoms with van der Waals surface area (Å²) in [6.07, 6.45) is -0.439. The number of methoxy groups -OCH3 is 2. The van der Waals surface area contributed by atoms with Crippen LogP contribution in [0, 0.1) is 23.4 Å². The number of hydrogen-bond acceptors (Lipinski definition) is 5. The van der Waals surface area contributed by atoms with Crippen LogP contribution in [0.15, 0.2) is 47.4 Å². The van der Waals surface area contributed by atoms with E-state index in [4.69, 9.17) is 9.47 Å². The van der Waals surface area contributed by atoms with Gasteiger partial charge in [0.05, 0.1) is 14.2 Å². The monoisotopic (exact) mass is 456 g/mol. The maximum absolute atomic E-state index is 15.1. The lowest BCUT2D eigenvalue weighted by atomic mass is 10.0. The first-order valence-corrected chi connectivity index (χ1v) is 10.2. The summed E-state index contributed by atoms with van der Waals surface area (Å²) in [4.78, 5) is 1.87. The van der Waals surface area contributed by atoms with E-state index in [1.807, 2.05) is 0 Å². The second-order valence-corrected chi connectivity index (χ2v) is 7.89. The van der Waals surface area contributed by atoms with Gasteiger partial charge in [-0.3, -0.25) is 4.72 Å². The van der Waals surface area contributed by atoms with Gasteiger partial charge in [-0.15, -0.1) is 0 Å². The number of ether oxygens (including phenoxy) is 2. The molecule has 0 bridgehead atoms. The van der Waals surface area contributed by atoms with E-state index in [0.29, 0.717) is 11.3 Å². The molecule has 0 radical (unpaired) electrons. The van der Waals surface area contributed by atoms with Gasteiger partial charge in [0.2, 0.25) is 5.95 Å². The van der Waals surface area contributed by atoms with Crippen LogP contribution in [-0.4, -0.2) is 27.6 Å². The Bertz CT molecular complexity index is 1240. The van der Waals surface area contributed by atoms with E-state index in [2.05, 4.69) is 4.98 Å². The third-order valence-electron chi connectivity index (χ3n) is 4.31. The van der Waals surface area contributed by atoms with Crippen molar-refractivity contribution in [3.63, 3.8) is 0 Å². The molecule has 6 nitrogen and oxygen atoms in total. The number of sulfonamides is 1. The number of rotatable bonds is 7. The Hall–Kier alpha value is -3.34.